The molecule has 1 saturated carbocycles. The van der Waals surface area contributed by atoms with Gasteiger partial charge in [0.2, 0.25) is 0 Å². The van der Waals surface area contributed by atoms with Gasteiger partial charge in [0, 0.05) is 25.8 Å². The Balaban J connectivity index is 1.98. The minimum atomic E-state index is 0.0947. The van der Waals surface area contributed by atoms with Crippen molar-refractivity contribution >= 4 is 37.5 Å². The molecule has 5 nitrogen and oxygen atoms in total. The molecule has 0 saturated heterocycles. The van der Waals surface area contributed by atoms with E-state index in [2.05, 4.69) is 20.9 Å². The molecule has 0 unspecified atom stereocenters. The lowest BCUT2D eigenvalue weighted by atomic mass is 9.95. The normalized spacial score (nSPS) is 16.1. The fraction of sp³-hybridized carbons (Fsp3) is 0.500. The molecular formula is C18H22N4OS. The van der Waals surface area contributed by atoms with Gasteiger partial charge in [0.05, 0.1) is 22.9 Å². The van der Waals surface area contributed by atoms with E-state index < -0.39 is 0 Å². The number of thiophene rings is 1. The van der Waals surface area contributed by atoms with Crippen LogP contribution in [-0.4, -0.2) is 28.6 Å². The van der Waals surface area contributed by atoms with Crippen LogP contribution in [0.4, 0.5) is 5.69 Å². The van der Waals surface area contributed by atoms with E-state index in [-0.39, 0.29) is 5.56 Å². The van der Waals surface area contributed by atoms with Crippen LogP contribution in [0.2, 0.25) is 0 Å². The summed E-state index contributed by atoms with van der Waals surface area (Å²) in [7, 11) is 4.03. The number of aryl methyl sites for hydroxylation is 1. The summed E-state index contributed by atoms with van der Waals surface area (Å²) in [6, 6.07) is 2.36. The highest BCUT2D eigenvalue weighted by Gasteiger charge is 2.21. The third-order valence-corrected chi connectivity index (χ3v) is 5.99. The average Bonchev–Trinajstić information content (AvgIpc) is 2.94. The average molecular weight is 342 g/mol. The zero-order valence-electron chi connectivity index (χ0n) is 14.4. The van der Waals surface area contributed by atoms with Gasteiger partial charge in [0.1, 0.15) is 9.53 Å². The van der Waals surface area contributed by atoms with Crippen LogP contribution in [0.1, 0.15) is 43.8 Å². The summed E-state index contributed by atoms with van der Waals surface area (Å²) in [5.41, 5.74) is 2.93. The Hall–Kier alpha value is -1.95. The van der Waals surface area contributed by atoms with E-state index in [0.717, 1.165) is 44.7 Å². The summed E-state index contributed by atoms with van der Waals surface area (Å²) >= 11 is 1.48. The van der Waals surface area contributed by atoms with Gasteiger partial charge in [-0.2, -0.15) is 0 Å². The Kier molecular flexibility index (Phi) is 3.79. The Labute approximate surface area is 145 Å². The summed E-state index contributed by atoms with van der Waals surface area (Å²) in [5, 5.41) is 0.999. The number of rotatable bonds is 2. The monoisotopic (exact) mass is 342 g/mol. The molecule has 126 valence electrons. The van der Waals surface area contributed by atoms with Crippen molar-refractivity contribution in [2.24, 2.45) is 0 Å². The molecule has 0 N–H and O–H groups in total. The standard InChI is InChI=1S/C18H22N4OS/c1-11-9-13(21(2)3)14-15-16(24-17(14)20-11)18(23)22(10-19-15)12-7-5-4-6-8-12/h9-10,12H,4-8H2,1-3H3. The van der Waals surface area contributed by atoms with Crippen molar-refractivity contribution in [2.75, 3.05) is 19.0 Å². The number of nitrogens with zero attached hydrogens (tertiary/aromatic N) is 4. The van der Waals surface area contributed by atoms with Crippen LogP contribution < -0.4 is 10.5 Å². The molecule has 6 heteroatoms. The smallest absolute Gasteiger partial charge is 0.271 e. The Bertz CT molecular complexity index is 966. The first-order valence-electron chi connectivity index (χ1n) is 8.54. The van der Waals surface area contributed by atoms with Crippen molar-refractivity contribution in [3.8, 4) is 0 Å². The van der Waals surface area contributed by atoms with Crippen LogP contribution in [0.15, 0.2) is 17.2 Å². The van der Waals surface area contributed by atoms with E-state index in [1.54, 1.807) is 6.33 Å². The second kappa shape index (κ2) is 5.84. The minimum Gasteiger partial charge on any atom is -0.377 e. The van der Waals surface area contributed by atoms with Gasteiger partial charge in [-0.15, -0.1) is 11.3 Å². The molecule has 4 rings (SSSR count). The molecule has 0 bridgehead atoms. The maximum absolute atomic E-state index is 13.1. The van der Waals surface area contributed by atoms with Crippen LogP contribution >= 0.6 is 11.3 Å². The molecule has 1 fully saturated rings. The molecule has 0 aliphatic heterocycles. The van der Waals surface area contributed by atoms with E-state index in [9.17, 15) is 4.79 Å². The van der Waals surface area contributed by atoms with Crippen molar-refractivity contribution in [1.29, 1.82) is 0 Å². The van der Waals surface area contributed by atoms with Crippen LogP contribution in [-0.2, 0) is 0 Å². The van der Waals surface area contributed by atoms with Gasteiger partial charge in [-0.3, -0.25) is 9.36 Å². The molecule has 0 atom stereocenters. The minimum absolute atomic E-state index is 0.0947. The SMILES string of the molecule is Cc1cc(N(C)C)c2c(n1)sc1c(=O)n(C3CCCCC3)cnc12. The Morgan fingerprint density at radius 2 is 2.00 bits per heavy atom. The topological polar surface area (TPSA) is 51.0 Å². The number of hydrogen-bond donors (Lipinski definition) is 0. The number of aromatic nitrogens is 3. The molecule has 0 radical (unpaired) electrons. The fourth-order valence-electron chi connectivity index (χ4n) is 3.71. The van der Waals surface area contributed by atoms with Crippen molar-refractivity contribution in [3.05, 3.63) is 28.4 Å². The van der Waals surface area contributed by atoms with Crippen molar-refractivity contribution in [2.45, 2.75) is 45.1 Å². The number of anilines is 1. The van der Waals surface area contributed by atoms with E-state index >= 15 is 0 Å². The highest BCUT2D eigenvalue weighted by molar-refractivity contribution is 7.25. The summed E-state index contributed by atoms with van der Waals surface area (Å²) in [4.78, 5) is 25.4. The summed E-state index contributed by atoms with van der Waals surface area (Å²) in [6.07, 6.45) is 7.60. The molecule has 3 heterocycles. The largest absolute Gasteiger partial charge is 0.377 e. The van der Waals surface area contributed by atoms with E-state index in [1.165, 1.54) is 30.6 Å². The number of pyridine rings is 1. The van der Waals surface area contributed by atoms with E-state index in [4.69, 9.17) is 0 Å². The first kappa shape index (κ1) is 15.6. The van der Waals surface area contributed by atoms with E-state index in [0.29, 0.717) is 6.04 Å². The molecule has 24 heavy (non-hydrogen) atoms. The second-order valence-corrected chi connectivity index (χ2v) is 7.89. The Morgan fingerprint density at radius 1 is 1.25 bits per heavy atom. The van der Waals surface area contributed by atoms with Crippen molar-refractivity contribution in [3.63, 3.8) is 0 Å². The zero-order valence-corrected chi connectivity index (χ0v) is 15.2. The molecule has 1 aliphatic carbocycles. The summed E-state index contributed by atoms with van der Waals surface area (Å²) in [5.74, 6) is 0. The van der Waals surface area contributed by atoms with Crippen molar-refractivity contribution in [1.82, 2.24) is 14.5 Å². The molecule has 3 aromatic heterocycles. The molecule has 0 aromatic carbocycles. The summed E-state index contributed by atoms with van der Waals surface area (Å²) < 4.78 is 2.60. The third-order valence-electron chi connectivity index (χ3n) is 4.93. The lowest BCUT2D eigenvalue weighted by Gasteiger charge is -2.23. The molecule has 0 amide bonds. The van der Waals surface area contributed by atoms with Crippen LogP contribution in [0.5, 0.6) is 0 Å². The quantitative estimate of drug-likeness (QED) is 0.709. The van der Waals surface area contributed by atoms with Gasteiger partial charge in [0.15, 0.2) is 0 Å². The van der Waals surface area contributed by atoms with E-state index in [1.807, 2.05) is 25.6 Å². The highest BCUT2D eigenvalue weighted by atomic mass is 32.1. The van der Waals surface area contributed by atoms with Gasteiger partial charge in [-0.25, -0.2) is 9.97 Å². The highest BCUT2D eigenvalue weighted by Crippen LogP contribution is 2.36. The van der Waals surface area contributed by atoms with Gasteiger partial charge >= 0.3 is 0 Å². The number of fused-ring (bicyclic) bond motifs is 3. The summed E-state index contributed by atoms with van der Waals surface area (Å²) in [6.45, 7) is 1.99. The molecule has 0 spiro atoms. The van der Waals surface area contributed by atoms with Gasteiger partial charge in [-0.05, 0) is 25.8 Å². The fourth-order valence-corrected chi connectivity index (χ4v) is 4.84. The van der Waals surface area contributed by atoms with Crippen LogP contribution in [0, 0.1) is 6.92 Å². The molecule has 1 aliphatic rings. The predicted molar refractivity (Wildman–Crippen MR) is 100 cm³/mol. The Morgan fingerprint density at radius 3 is 2.71 bits per heavy atom. The van der Waals surface area contributed by atoms with Crippen molar-refractivity contribution < 1.29 is 0 Å². The maximum atomic E-state index is 13.1. The predicted octanol–water partition coefficient (Wildman–Crippen LogP) is 3.89. The lowest BCUT2D eigenvalue weighted by Crippen LogP contribution is -2.26. The first-order valence-corrected chi connectivity index (χ1v) is 9.36. The lowest BCUT2D eigenvalue weighted by molar-refractivity contribution is 0.345. The van der Waals surface area contributed by atoms with Gasteiger partial charge < -0.3 is 4.90 Å². The van der Waals surface area contributed by atoms with Gasteiger partial charge in [-0.1, -0.05) is 19.3 Å². The third kappa shape index (κ3) is 2.40. The first-order chi connectivity index (χ1) is 11.6. The maximum Gasteiger partial charge on any atom is 0.271 e. The van der Waals surface area contributed by atoms with Gasteiger partial charge in [0.25, 0.3) is 5.56 Å². The zero-order chi connectivity index (χ0) is 16.8. The van der Waals surface area contributed by atoms with Crippen LogP contribution in [0.3, 0.4) is 0 Å². The molecular weight excluding hydrogens is 320 g/mol. The number of hydrogen-bond acceptors (Lipinski definition) is 5. The van der Waals surface area contributed by atoms with Crippen LogP contribution in [0.25, 0.3) is 20.4 Å². The molecule has 3 aromatic rings. The second-order valence-electron chi connectivity index (χ2n) is 6.89.